The number of fused-ring (bicyclic) bond motifs is 9. The molecule has 44 heavy (non-hydrogen) atoms. The van der Waals surface area contributed by atoms with Crippen LogP contribution >= 0.6 is 0 Å². The maximum Gasteiger partial charge on any atom is 0.143 e. The van der Waals surface area contributed by atoms with Crippen molar-refractivity contribution >= 4 is 76.0 Å². The lowest BCUT2D eigenvalue weighted by Crippen LogP contribution is -1.89. The Labute approximate surface area is 252 Å². The van der Waals surface area contributed by atoms with E-state index in [1.54, 1.807) is 0 Å². The minimum atomic E-state index is 0.883. The van der Waals surface area contributed by atoms with Crippen LogP contribution in [0.1, 0.15) is 0 Å². The third kappa shape index (κ3) is 3.31. The van der Waals surface area contributed by atoms with E-state index in [0.717, 1.165) is 55.2 Å². The van der Waals surface area contributed by atoms with Gasteiger partial charge in [-0.05, 0) is 85.2 Å². The molecule has 0 N–H and O–H groups in total. The van der Waals surface area contributed by atoms with Crippen LogP contribution < -0.4 is 0 Å². The monoisotopic (exact) mass is 560 g/mol. The van der Waals surface area contributed by atoms with E-state index in [4.69, 9.17) is 8.83 Å². The van der Waals surface area contributed by atoms with Gasteiger partial charge in [-0.3, -0.25) is 0 Å². The summed E-state index contributed by atoms with van der Waals surface area (Å²) in [6, 6.07) is 51.9. The molecule has 2 heterocycles. The molecule has 0 aliphatic carbocycles. The molecule has 2 nitrogen and oxygen atoms in total. The summed E-state index contributed by atoms with van der Waals surface area (Å²) in [5.41, 5.74) is 6.20. The average Bonchev–Trinajstić information content (AvgIpc) is 3.66. The van der Waals surface area contributed by atoms with Gasteiger partial charge in [0.15, 0.2) is 0 Å². The first-order chi connectivity index (χ1) is 21.8. The Hall–Kier alpha value is -5.86. The van der Waals surface area contributed by atoms with Crippen molar-refractivity contribution < 1.29 is 8.83 Å². The summed E-state index contributed by atoms with van der Waals surface area (Å²) in [4.78, 5) is 0. The minimum Gasteiger partial charge on any atom is -0.456 e. The fourth-order valence-electron chi connectivity index (χ4n) is 7.22. The molecule has 2 aromatic heterocycles. The molecule has 0 atom stereocenters. The van der Waals surface area contributed by atoms with Gasteiger partial charge in [-0.15, -0.1) is 0 Å². The van der Waals surface area contributed by atoms with Crippen LogP contribution in [0.25, 0.3) is 98.4 Å². The molecule has 10 rings (SSSR count). The molecule has 2 heteroatoms. The summed E-state index contributed by atoms with van der Waals surface area (Å²) < 4.78 is 13.2. The third-order valence-corrected chi connectivity index (χ3v) is 9.21. The molecule has 0 bridgehead atoms. The second-order valence-electron chi connectivity index (χ2n) is 11.7. The molecule has 0 radical (unpaired) electrons. The van der Waals surface area contributed by atoms with E-state index in [2.05, 4.69) is 146 Å². The molecule has 0 unspecified atom stereocenters. The molecule has 10 aromatic rings. The normalized spacial score (nSPS) is 12.1. The molecule has 204 valence electrons. The van der Waals surface area contributed by atoms with Crippen molar-refractivity contribution in [1.82, 2.24) is 0 Å². The largest absolute Gasteiger partial charge is 0.456 e. The summed E-state index contributed by atoms with van der Waals surface area (Å²) in [5.74, 6) is 0.883. The van der Waals surface area contributed by atoms with Gasteiger partial charge in [0, 0.05) is 27.1 Å². The van der Waals surface area contributed by atoms with Crippen molar-refractivity contribution in [2.24, 2.45) is 0 Å². The molecule has 0 amide bonds. The third-order valence-electron chi connectivity index (χ3n) is 9.21. The summed E-state index contributed by atoms with van der Waals surface area (Å²) >= 11 is 0. The van der Waals surface area contributed by atoms with Gasteiger partial charge in [0.05, 0.1) is 0 Å². The number of rotatable bonds is 2. The van der Waals surface area contributed by atoms with Crippen molar-refractivity contribution in [2.45, 2.75) is 0 Å². The fraction of sp³-hybridized carbons (Fsp3) is 0. The molecule has 0 fully saturated rings. The van der Waals surface area contributed by atoms with Gasteiger partial charge in [-0.2, -0.15) is 0 Å². The first kappa shape index (κ1) is 23.7. The van der Waals surface area contributed by atoms with Crippen LogP contribution in [0.15, 0.2) is 154 Å². The summed E-state index contributed by atoms with van der Waals surface area (Å²) in [5, 5.41) is 12.8. The molecular formula is C42H24O2. The minimum absolute atomic E-state index is 0.883. The fourth-order valence-corrected chi connectivity index (χ4v) is 7.22. The van der Waals surface area contributed by atoms with Gasteiger partial charge < -0.3 is 8.83 Å². The van der Waals surface area contributed by atoms with Gasteiger partial charge in [0.1, 0.15) is 22.5 Å². The van der Waals surface area contributed by atoms with Crippen LogP contribution in [0.5, 0.6) is 0 Å². The first-order valence-electron chi connectivity index (χ1n) is 15.0. The lowest BCUT2D eigenvalue weighted by atomic mass is 9.87. The zero-order valence-corrected chi connectivity index (χ0v) is 23.7. The quantitative estimate of drug-likeness (QED) is 0.197. The van der Waals surface area contributed by atoms with Gasteiger partial charge in [-0.1, -0.05) is 109 Å². The van der Waals surface area contributed by atoms with Crippen molar-refractivity contribution in [3.05, 3.63) is 146 Å². The van der Waals surface area contributed by atoms with Gasteiger partial charge in [0.2, 0.25) is 0 Å². The summed E-state index contributed by atoms with van der Waals surface area (Å²) in [6.07, 6.45) is 0. The Morgan fingerprint density at radius 3 is 1.64 bits per heavy atom. The maximum atomic E-state index is 6.64. The Morgan fingerprint density at radius 2 is 0.909 bits per heavy atom. The van der Waals surface area contributed by atoms with Crippen LogP contribution in [0.3, 0.4) is 0 Å². The Kier molecular flexibility index (Phi) is 4.75. The molecule has 0 aliphatic rings. The first-order valence-corrected chi connectivity index (χ1v) is 15.0. The van der Waals surface area contributed by atoms with Crippen molar-refractivity contribution in [3.8, 4) is 22.5 Å². The van der Waals surface area contributed by atoms with E-state index in [9.17, 15) is 0 Å². The smallest absolute Gasteiger partial charge is 0.143 e. The van der Waals surface area contributed by atoms with Crippen LogP contribution in [0.4, 0.5) is 0 Å². The molecule has 0 aliphatic heterocycles. The maximum absolute atomic E-state index is 6.64. The zero-order valence-electron chi connectivity index (χ0n) is 23.7. The lowest BCUT2D eigenvalue weighted by molar-refractivity contribution is 0.633. The van der Waals surface area contributed by atoms with Crippen LogP contribution in [0, 0.1) is 0 Å². The second-order valence-corrected chi connectivity index (χ2v) is 11.7. The van der Waals surface area contributed by atoms with E-state index in [1.807, 2.05) is 0 Å². The van der Waals surface area contributed by atoms with Crippen molar-refractivity contribution in [2.75, 3.05) is 0 Å². The molecule has 0 saturated carbocycles. The van der Waals surface area contributed by atoms with Crippen molar-refractivity contribution in [1.29, 1.82) is 0 Å². The predicted octanol–water partition coefficient (Wildman–Crippen LogP) is 12.3. The molecular weight excluding hydrogens is 536 g/mol. The second kappa shape index (κ2) is 8.82. The summed E-state index contributed by atoms with van der Waals surface area (Å²) in [6.45, 7) is 0. The summed E-state index contributed by atoms with van der Waals surface area (Å²) in [7, 11) is 0. The molecule has 0 saturated heterocycles. The Balaban J connectivity index is 1.25. The predicted molar refractivity (Wildman–Crippen MR) is 184 cm³/mol. The standard InChI is InChI=1S/C42H24O2/c1-2-11-27-22-37-29(21-26(27)10-1)24-39(43-37)41-34-15-7-5-13-32(34)40(33-14-6-8-16-35(33)41)28-18-19-31-36-20-17-25-9-3-4-12-30(25)42(36)44-38(31)23-28/h1-24H. The van der Waals surface area contributed by atoms with E-state index >= 15 is 0 Å². The topological polar surface area (TPSA) is 26.3 Å². The molecule has 8 aromatic carbocycles. The average molecular weight is 561 g/mol. The van der Waals surface area contributed by atoms with Crippen LogP contribution in [0.2, 0.25) is 0 Å². The van der Waals surface area contributed by atoms with Gasteiger partial charge in [0.25, 0.3) is 0 Å². The van der Waals surface area contributed by atoms with E-state index in [-0.39, 0.29) is 0 Å². The van der Waals surface area contributed by atoms with Gasteiger partial charge in [-0.25, -0.2) is 0 Å². The van der Waals surface area contributed by atoms with E-state index < -0.39 is 0 Å². The number of hydrogen-bond donors (Lipinski definition) is 0. The number of benzene rings is 8. The number of furan rings is 2. The Bertz CT molecular complexity index is 2670. The highest BCUT2D eigenvalue weighted by molar-refractivity contribution is 6.22. The van der Waals surface area contributed by atoms with Crippen molar-refractivity contribution in [3.63, 3.8) is 0 Å². The van der Waals surface area contributed by atoms with Crippen LogP contribution in [-0.4, -0.2) is 0 Å². The highest BCUT2D eigenvalue weighted by Crippen LogP contribution is 2.46. The lowest BCUT2D eigenvalue weighted by Gasteiger charge is -2.16. The van der Waals surface area contributed by atoms with Gasteiger partial charge >= 0.3 is 0 Å². The molecule has 0 spiro atoms. The highest BCUT2D eigenvalue weighted by Gasteiger charge is 2.20. The number of hydrogen-bond acceptors (Lipinski definition) is 2. The van der Waals surface area contributed by atoms with E-state index in [0.29, 0.717) is 0 Å². The zero-order chi connectivity index (χ0) is 28.8. The highest BCUT2D eigenvalue weighted by atomic mass is 16.3. The Morgan fingerprint density at radius 1 is 0.318 bits per heavy atom. The SMILES string of the molecule is c1ccc2cc3oc(-c4c5ccccc5c(-c5ccc6c(c5)oc5c7ccccc7ccc65)c5ccccc45)cc3cc2c1. The van der Waals surface area contributed by atoms with E-state index in [1.165, 1.54) is 43.3 Å². The van der Waals surface area contributed by atoms with Crippen LogP contribution in [-0.2, 0) is 0 Å².